The van der Waals surface area contributed by atoms with E-state index in [-0.39, 0.29) is 0 Å². The van der Waals surface area contributed by atoms with Gasteiger partial charge in [0.05, 0.1) is 7.11 Å². The van der Waals surface area contributed by atoms with Crippen LogP contribution in [0.25, 0.3) is 0 Å². The number of methoxy groups -OCH3 is 1. The van der Waals surface area contributed by atoms with E-state index in [1.807, 2.05) is 25.1 Å². The van der Waals surface area contributed by atoms with E-state index < -0.39 is 0 Å². The van der Waals surface area contributed by atoms with Crippen molar-refractivity contribution in [1.29, 1.82) is 0 Å². The lowest BCUT2D eigenvalue weighted by Crippen LogP contribution is -2.21. The highest BCUT2D eigenvalue weighted by Crippen LogP contribution is 2.20. The van der Waals surface area contributed by atoms with Crippen molar-refractivity contribution in [2.24, 2.45) is 5.84 Å². The maximum Gasteiger partial charge on any atom is 0.122 e. The lowest BCUT2D eigenvalue weighted by molar-refractivity contribution is 0.411. The second-order valence-electron chi connectivity index (χ2n) is 2.63. The molecule has 3 nitrogen and oxygen atoms in total. The van der Waals surface area contributed by atoms with E-state index in [0.717, 1.165) is 16.9 Å². The van der Waals surface area contributed by atoms with Crippen LogP contribution < -0.4 is 16.0 Å². The van der Waals surface area contributed by atoms with Gasteiger partial charge in [0.2, 0.25) is 0 Å². The molecule has 0 spiro atoms. The summed E-state index contributed by atoms with van der Waals surface area (Å²) >= 11 is 0. The first kappa shape index (κ1) is 9.03. The standard InChI is InChI=1S/C9H14N2O/c1-7-8(6-11-10)4-3-5-9(7)12-2/h3-5,11H,6,10H2,1-2H3. The molecule has 0 aliphatic heterocycles. The van der Waals surface area contributed by atoms with E-state index in [1.165, 1.54) is 0 Å². The van der Waals surface area contributed by atoms with Gasteiger partial charge in [-0.2, -0.15) is 0 Å². The molecule has 3 heteroatoms. The summed E-state index contributed by atoms with van der Waals surface area (Å²) in [5, 5.41) is 0. The molecule has 1 aromatic rings. The average molecular weight is 166 g/mol. The molecule has 0 fully saturated rings. The summed E-state index contributed by atoms with van der Waals surface area (Å²) in [7, 11) is 1.67. The van der Waals surface area contributed by atoms with Crippen LogP contribution in [-0.2, 0) is 6.54 Å². The van der Waals surface area contributed by atoms with Gasteiger partial charge in [-0.15, -0.1) is 0 Å². The maximum atomic E-state index is 5.23. The third-order valence-electron chi connectivity index (χ3n) is 1.91. The van der Waals surface area contributed by atoms with E-state index in [2.05, 4.69) is 5.43 Å². The zero-order chi connectivity index (χ0) is 8.97. The van der Waals surface area contributed by atoms with Crippen LogP contribution in [0.3, 0.4) is 0 Å². The Hall–Kier alpha value is -1.06. The summed E-state index contributed by atoms with van der Waals surface area (Å²) in [4.78, 5) is 0. The summed E-state index contributed by atoms with van der Waals surface area (Å²) in [6, 6.07) is 5.92. The maximum absolute atomic E-state index is 5.23. The van der Waals surface area contributed by atoms with Crippen LogP contribution in [0.2, 0.25) is 0 Å². The molecule has 0 saturated carbocycles. The molecule has 1 rings (SSSR count). The van der Waals surface area contributed by atoms with Gasteiger partial charge in [-0.3, -0.25) is 11.3 Å². The van der Waals surface area contributed by atoms with Gasteiger partial charge in [0.25, 0.3) is 0 Å². The highest BCUT2D eigenvalue weighted by molar-refractivity contribution is 5.38. The van der Waals surface area contributed by atoms with Crippen molar-refractivity contribution in [2.45, 2.75) is 13.5 Å². The third-order valence-corrected chi connectivity index (χ3v) is 1.91. The second kappa shape index (κ2) is 4.09. The second-order valence-corrected chi connectivity index (χ2v) is 2.63. The van der Waals surface area contributed by atoms with Gasteiger partial charge >= 0.3 is 0 Å². The van der Waals surface area contributed by atoms with Gasteiger partial charge in [0, 0.05) is 6.54 Å². The zero-order valence-electron chi connectivity index (χ0n) is 7.42. The van der Waals surface area contributed by atoms with Crippen molar-refractivity contribution >= 4 is 0 Å². The number of hydrazine groups is 1. The summed E-state index contributed by atoms with van der Waals surface area (Å²) < 4.78 is 5.16. The van der Waals surface area contributed by atoms with Crippen molar-refractivity contribution in [3.8, 4) is 5.75 Å². The Morgan fingerprint density at radius 3 is 2.83 bits per heavy atom. The molecular formula is C9H14N2O. The van der Waals surface area contributed by atoms with E-state index in [4.69, 9.17) is 10.6 Å². The van der Waals surface area contributed by atoms with Crippen LogP contribution in [0.1, 0.15) is 11.1 Å². The van der Waals surface area contributed by atoms with E-state index >= 15 is 0 Å². The Balaban J connectivity index is 2.97. The van der Waals surface area contributed by atoms with Crippen LogP contribution in [0.4, 0.5) is 0 Å². The van der Waals surface area contributed by atoms with Gasteiger partial charge in [0.15, 0.2) is 0 Å². The number of benzene rings is 1. The molecule has 0 aromatic heterocycles. The molecule has 0 aliphatic rings. The third kappa shape index (κ3) is 1.75. The normalized spacial score (nSPS) is 9.92. The quantitative estimate of drug-likeness (QED) is 0.519. The van der Waals surface area contributed by atoms with Crippen molar-refractivity contribution < 1.29 is 4.74 Å². The van der Waals surface area contributed by atoms with Crippen LogP contribution in [-0.4, -0.2) is 7.11 Å². The highest BCUT2D eigenvalue weighted by atomic mass is 16.5. The number of hydrogen-bond donors (Lipinski definition) is 2. The molecule has 0 unspecified atom stereocenters. The fourth-order valence-electron chi connectivity index (χ4n) is 1.18. The van der Waals surface area contributed by atoms with E-state index in [0.29, 0.717) is 6.54 Å². The minimum absolute atomic E-state index is 0.670. The number of ether oxygens (including phenoxy) is 1. The SMILES string of the molecule is COc1cccc(CNN)c1C. The van der Waals surface area contributed by atoms with Gasteiger partial charge in [-0.25, -0.2) is 0 Å². The predicted octanol–water partition coefficient (Wildman–Crippen LogP) is 0.967. The molecule has 3 N–H and O–H groups in total. The first-order chi connectivity index (χ1) is 5.79. The fourth-order valence-corrected chi connectivity index (χ4v) is 1.18. The largest absolute Gasteiger partial charge is 0.496 e. The summed E-state index contributed by atoms with van der Waals surface area (Å²) in [5.74, 6) is 6.14. The van der Waals surface area contributed by atoms with Crippen LogP contribution in [0, 0.1) is 6.92 Å². The van der Waals surface area contributed by atoms with Crippen molar-refractivity contribution in [3.63, 3.8) is 0 Å². The molecular weight excluding hydrogens is 152 g/mol. The lowest BCUT2D eigenvalue weighted by Gasteiger charge is -2.08. The van der Waals surface area contributed by atoms with Crippen LogP contribution >= 0.6 is 0 Å². The number of nitrogens with one attached hydrogen (secondary N) is 1. The van der Waals surface area contributed by atoms with Crippen LogP contribution in [0.5, 0.6) is 5.75 Å². The van der Waals surface area contributed by atoms with Gasteiger partial charge in [-0.1, -0.05) is 12.1 Å². The highest BCUT2D eigenvalue weighted by Gasteiger charge is 2.01. The van der Waals surface area contributed by atoms with Gasteiger partial charge in [-0.05, 0) is 24.1 Å². The molecule has 0 heterocycles. The van der Waals surface area contributed by atoms with Crippen molar-refractivity contribution in [3.05, 3.63) is 29.3 Å². The van der Waals surface area contributed by atoms with Crippen molar-refractivity contribution in [2.75, 3.05) is 7.11 Å². The van der Waals surface area contributed by atoms with E-state index in [1.54, 1.807) is 7.11 Å². The molecule has 12 heavy (non-hydrogen) atoms. The minimum Gasteiger partial charge on any atom is -0.496 e. The summed E-state index contributed by atoms with van der Waals surface area (Å²) in [5.41, 5.74) is 4.92. The lowest BCUT2D eigenvalue weighted by atomic mass is 10.1. The fraction of sp³-hybridized carbons (Fsp3) is 0.333. The van der Waals surface area contributed by atoms with E-state index in [9.17, 15) is 0 Å². The Morgan fingerprint density at radius 2 is 2.25 bits per heavy atom. The molecule has 66 valence electrons. The first-order valence-corrected chi connectivity index (χ1v) is 3.85. The smallest absolute Gasteiger partial charge is 0.122 e. The Labute approximate surface area is 72.5 Å². The number of rotatable bonds is 3. The number of nitrogens with two attached hydrogens (primary N) is 1. The monoisotopic (exact) mass is 166 g/mol. The van der Waals surface area contributed by atoms with Crippen LogP contribution in [0.15, 0.2) is 18.2 Å². The first-order valence-electron chi connectivity index (χ1n) is 3.85. The number of hydrogen-bond acceptors (Lipinski definition) is 3. The Bertz CT molecular complexity index is 261. The molecule has 0 atom stereocenters. The predicted molar refractivity (Wildman–Crippen MR) is 48.8 cm³/mol. The average Bonchev–Trinajstić information content (AvgIpc) is 2.09. The Kier molecular flexibility index (Phi) is 3.08. The molecule has 0 radical (unpaired) electrons. The topological polar surface area (TPSA) is 47.3 Å². The molecule has 0 saturated heterocycles. The van der Waals surface area contributed by atoms with Gasteiger partial charge in [0.1, 0.15) is 5.75 Å². The summed E-state index contributed by atoms with van der Waals surface area (Å²) in [6.45, 7) is 2.69. The molecule has 0 bridgehead atoms. The summed E-state index contributed by atoms with van der Waals surface area (Å²) in [6.07, 6.45) is 0. The zero-order valence-corrected chi connectivity index (χ0v) is 7.42. The Morgan fingerprint density at radius 1 is 1.50 bits per heavy atom. The molecule has 1 aromatic carbocycles. The van der Waals surface area contributed by atoms with Gasteiger partial charge < -0.3 is 4.74 Å². The molecule has 0 aliphatic carbocycles. The minimum atomic E-state index is 0.670. The van der Waals surface area contributed by atoms with Crippen molar-refractivity contribution in [1.82, 2.24) is 5.43 Å². The molecule has 0 amide bonds.